The summed E-state index contributed by atoms with van der Waals surface area (Å²) in [5.74, 6) is 1.45. The van der Waals surface area contributed by atoms with Gasteiger partial charge in [0.15, 0.2) is 11.7 Å². The maximum absolute atomic E-state index is 14.2. The number of aliphatic imine (C=N–C) groups is 1. The van der Waals surface area contributed by atoms with Gasteiger partial charge in [-0.05, 0) is 25.0 Å². The topological polar surface area (TPSA) is 90.4 Å². The maximum Gasteiger partial charge on any atom is 0.216 e. The number of hydrogen-bond acceptors (Lipinski definition) is 8. The first-order valence-corrected chi connectivity index (χ1v) is 9.90. The van der Waals surface area contributed by atoms with E-state index in [1.807, 2.05) is 12.3 Å². The molecule has 3 aliphatic rings. The fourth-order valence-electron chi connectivity index (χ4n) is 3.98. The van der Waals surface area contributed by atoms with Crippen molar-refractivity contribution in [1.29, 1.82) is 0 Å². The molecule has 8 nitrogen and oxygen atoms in total. The second-order valence-corrected chi connectivity index (χ2v) is 7.55. The Bertz CT molecular complexity index is 956. The summed E-state index contributed by atoms with van der Waals surface area (Å²) < 4.78 is 14.2. The van der Waals surface area contributed by atoms with Crippen molar-refractivity contribution in [1.82, 2.24) is 25.6 Å². The Balaban J connectivity index is 1.35. The first kappa shape index (κ1) is 18.0. The van der Waals surface area contributed by atoms with Crippen LogP contribution in [-0.4, -0.2) is 58.5 Å². The smallest absolute Gasteiger partial charge is 0.216 e. The van der Waals surface area contributed by atoms with Gasteiger partial charge in [-0.1, -0.05) is 0 Å². The number of rotatable bonds is 4. The number of fused-ring (bicyclic) bond motifs is 1. The number of halogens is 1. The van der Waals surface area contributed by atoms with Crippen molar-refractivity contribution in [3.8, 4) is 0 Å². The van der Waals surface area contributed by atoms with Crippen LogP contribution >= 0.6 is 0 Å². The minimum absolute atomic E-state index is 0.0516. The molecule has 2 unspecified atom stereocenters. The fourth-order valence-corrected chi connectivity index (χ4v) is 3.98. The van der Waals surface area contributed by atoms with Crippen LogP contribution in [0.3, 0.4) is 0 Å². The molecule has 9 heteroatoms. The summed E-state index contributed by atoms with van der Waals surface area (Å²) in [6.45, 7) is 4.64. The molecule has 29 heavy (non-hydrogen) atoms. The highest BCUT2D eigenvalue weighted by atomic mass is 19.1. The molecule has 0 amide bonds. The molecule has 3 aliphatic heterocycles. The number of hydrogen-bond donors (Lipinski definition) is 3. The van der Waals surface area contributed by atoms with E-state index in [1.54, 1.807) is 18.5 Å². The number of aromatic nitrogens is 3. The van der Waals surface area contributed by atoms with Crippen molar-refractivity contribution in [2.45, 2.75) is 31.5 Å². The van der Waals surface area contributed by atoms with E-state index >= 15 is 0 Å². The van der Waals surface area contributed by atoms with E-state index in [4.69, 9.17) is 4.99 Å². The van der Waals surface area contributed by atoms with Gasteiger partial charge in [0.1, 0.15) is 5.82 Å². The third-order valence-corrected chi connectivity index (χ3v) is 5.64. The molecule has 2 fully saturated rings. The van der Waals surface area contributed by atoms with Gasteiger partial charge in [-0.15, -0.1) is 0 Å². The van der Waals surface area contributed by atoms with Crippen LogP contribution in [0.5, 0.6) is 0 Å². The zero-order chi connectivity index (χ0) is 19.8. The zero-order valence-corrected chi connectivity index (χ0v) is 16.1. The Hall–Kier alpha value is -3.07. The van der Waals surface area contributed by atoms with Gasteiger partial charge in [0.25, 0.3) is 0 Å². The predicted molar refractivity (Wildman–Crippen MR) is 109 cm³/mol. The number of nitrogens with one attached hydrogen (secondary N) is 3. The second-order valence-electron chi connectivity index (χ2n) is 7.55. The normalized spacial score (nSPS) is 24.0. The van der Waals surface area contributed by atoms with Crippen LogP contribution in [0.1, 0.15) is 19.2 Å². The fraction of sp³-hybridized carbons (Fsp3) is 0.400. The molecule has 2 aromatic heterocycles. The van der Waals surface area contributed by atoms with Crippen molar-refractivity contribution >= 4 is 17.3 Å². The van der Waals surface area contributed by atoms with E-state index in [9.17, 15) is 4.39 Å². The standard InChI is InChI=1S/C20H23FN8/c1-12-15-11-25-20(19-23-4-2-5-24-19)27-16(15)3-6-29(12)18-8-13(7-17(21)28-18)26-14-9-22-10-14/h2,4-5,7-8,11-12,14,16,22H,3,6,9-10H2,1H3,(H,25,27)(H,26,28). The molecule has 0 saturated carbocycles. The second kappa shape index (κ2) is 7.40. The molecule has 2 aromatic rings. The highest BCUT2D eigenvalue weighted by Crippen LogP contribution is 2.32. The SMILES string of the molecule is CC1C2=CNC(c3ncccn3)=NC2CCN1c1cc(NC2CNC2)cc(F)n1. The van der Waals surface area contributed by atoms with E-state index < -0.39 is 5.95 Å². The Kier molecular flexibility index (Phi) is 4.59. The molecule has 150 valence electrons. The zero-order valence-electron chi connectivity index (χ0n) is 16.1. The van der Waals surface area contributed by atoms with Crippen LogP contribution < -0.4 is 20.9 Å². The van der Waals surface area contributed by atoms with Crippen molar-refractivity contribution < 1.29 is 4.39 Å². The molecular weight excluding hydrogens is 371 g/mol. The number of pyridine rings is 1. The summed E-state index contributed by atoms with van der Waals surface area (Å²) in [4.78, 5) is 19.7. The summed E-state index contributed by atoms with van der Waals surface area (Å²) in [6.07, 6.45) is 6.22. The maximum atomic E-state index is 14.2. The number of piperidine rings is 1. The summed E-state index contributed by atoms with van der Waals surface area (Å²) >= 11 is 0. The molecule has 0 aliphatic carbocycles. The summed E-state index contributed by atoms with van der Waals surface area (Å²) in [5, 5.41) is 9.80. The molecule has 0 bridgehead atoms. The highest BCUT2D eigenvalue weighted by molar-refractivity contribution is 5.97. The number of nitrogens with zero attached hydrogens (tertiary/aromatic N) is 5. The van der Waals surface area contributed by atoms with E-state index in [0.29, 0.717) is 23.5 Å². The summed E-state index contributed by atoms with van der Waals surface area (Å²) in [6, 6.07) is 5.62. The third-order valence-electron chi connectivity index (χ3n) is 5.64. The van der Waals surface area contributed by atoms with E-state index in [-0.39, 0.29) is 12.1 Å². The van der Waals surface area contributed by atoms with Crippen LogP contribution in [0.4, 0.5) is 15.9 Å². The Morgan fingerprint density at radius 2 is 2.03 bits per heavy atom. The quantitative estimate of drug-likeness (QED) is 0.674. The van der Waals surface area contributed by atoms with Crippen LogP contribution in [0.25, 0.3) is 0 Å². The minimum atomic E-state index is -0.469. The molecule has 0 spiro atoms. The van der Waals surface area contributed by atoms with Crippen molar-refractivity contribution in [2.24, 2.45) is 4.99 Å². The molecular formula is C20H23FN8. The molecule has 0 aromatic carbocycles. The van der Waals surface area contributed by atoms with Gasteiger partial charge in [-0.25, -0.2) is 15.0 Å². The van der Waals surface area contributed by atoms with Crippen LogP contribution in [0.2, 0.25) is 0 Å². The van der Waals surface area contributed by atoms with Gasteiger partial charge in [0, 0.05) is 56.0 Å². The van der Waals surface area contributed by atoms with E-state index in [1.165, 1.54) is 6.07 Å². The Morgan fingerprint density at radius 1 is 1.21 bits per heavy atom. The van der Waals surface area contributed by atoms with Gasteiger partial charge in [0.2, 0.25) is 5.95 Å². The summed E-state index contributed by atoms with van der Waals surface area (Å²) in [7, 11) is 0. The lowest BCUT2D eigenvalue weighted by Crippen LogP contribution is -2.51. The number of amidine groups is 1. The van der Waals surface area contributed by atoms with Crippen molar-refractivity contribution in [3.05, 3.63) is 54.1 Å². The first-order chi connectivity index (χ1) is 14.2. The average molecular weight is 394 g/mol. The Labute approximate surface area is 168 Å². The molecule has 3 N–H and O–H groups in total. The highest BCUT2D eigenvalue weighted by Gasteiger charge is 2.34. The number of anilines is 2. The van der Waals surface area contributed by atoms with E-state index in [0.717, 1.165) is 37.3 Å². The van der Waals surface area contributed by atoms with Crippen LogP contribution in [-0.2, 0) is 0 Å². The third kappa shape index (κ3) is 3.53. The average Bonchev–Trinajstić information content (AvgIpc) is 2.71. The van der Waals surface area contributed by atoms with Gasteiger partial charge < -0.3 is 20.9 Å². The minimum Gasteiger partial charge on any atom is -0.380 e. The summed E-state index contributed by atoms with van der Waals surface area (Å²) in [5.41, 5.74) is 1.92. The molecule has 2 saturated heterocycles. The van der Waals surface area contributed by atoms with Gasteiger partial charge in [0.05, 0.1) is 18.1 Å². The lowest BCUT2D eigenvalue weighted by atomic mass is 9.91. The Morgan fingerprint density at radius 3 is 2.79 bits per heavy atom. The lowest BCUT2D eigenvalue weighted by molar-refractivity contribution is 0.471. The lowest BCUT2D eigenvalue weighted by Gasteiger charge is -2.41. The van der Waals surface area contributed by atoms with Gasteiger partial charge in [-0.3, -0.25) is 4.99 Å². The molecule has 2 atom stereocenters. The molecule has 5 rings (SSSR count). The molecule has 5 heterocycles. The predicted octanol–water partition coefficient (Wildman–Crippen LogP) is 1.30. The molecule has 0 radical (unpaired) electrons. The van der Waals surface area contributed by atoms with Gasteiger partial charge in [-0.2, -0.15) is 4.39 Å². The van der Waals surface area contributed by atoms with Crippen LogP contribution in [0.15, 0.2) is 47.4 Å². The van der Waals surface area contributed by atoms with E-state index in [2.05, 4.69) is 42.7 Å². The first-order valence-electron chi connectivity index (χ1n) is 9.90. The largest absolute Gasteiger partial charge is 0.380 e. The van der Waals surface area contributed by atoms with Crippen molar-refractivity contribution in [2.75, 3.05) is 29.9 Å². The van der Waals surface area contributed by atoms with Gasteiger partial charge >= 0.3 is 0 Å². The van der Waals surface area contributed by atoms with Crippen molar-refractivity contribution in [3.63, 3.8) is 0 Å². The monoisotopic (exact) mass is 394 g/mol. The van der Waals surface area contributed by atoms with Crippen LogP contribution in [0, 0.1) is 5.95 Å².